The second-order valence-corrected chi connectivity index (χ2v) is 10.5. The van der Waals surface area contributed by atoms with Crippen molar-refractivity contribution >= 4 is 39.1 Å². The Morgan fingerprint density at radius 1 is 1.27 bits per heavy atom. The Balaban J connectivity index is 1.67. The number of hydrogen-bond donors (Lipinski definition) is 2. The summed E-state index contributed by atoms with van der Waals surface area (Å²) in [5, 5.41) is 5.27. The summed E-state index contributed by atoms with van der Waals surface area (Å²) in [7, 11) is -2.16. The van der Waals surface area contributed by atoms with E-state index in [1.165, 1.54) is 23.9 Å². The fraction of sp³-hybridized carbons (Fsp3) is 0.333. The van der Waals surface area contributed by atoms with E-state index in [0.29, 0.717) is 11.4 Å². The molecule has 2 atom stereocenters. The van der Waals surface area contributed by atoms with E-state index in [1.807, 2.05) is 18.2 Å². The molecule has 2 aromatic rings. The maximum atomic E-state index is 12.8. The van der Waals surface area contributed by atoms with E-state index < -0.39 is 15.8 Å². The number of nitrogens with one attached hydrogen (secondary N) is 2. The van der Waals surface area contributed by atoms with Gasteiger partial charge in [0.25, 0.3) is 0 Å². The fourth-order valence-electron chi connectivity index (χ4n) is 3.09. The average molecular weight is 449 g/mol. The molecule has 0 saturated carbocycles. The molecule has 2 unspecified atom stereocenters. The molecule has 0 fully saturated rings. The molecule has 1 aliphatic heterocycles. The molecule has 0 aliphatic carbocycles. The second kappa shape index (κ2) is 9.09. The van der Waals surface area contributed by atoms with Crippen LogP contribution in [-0.4, -0.2) is 38.3 Å². The lowest BCUT2D eigenvalue weighted by molar-refractivity contribution is -0.124. The lowest BCUT2D eigenvalue weighted by Crippen LogP contribution is -2.33. The summed E-state index contributed by atoms with van der Waals surface area (Å²) in [6.07, 6.45) is 0. The van der Waals surface area contributed by atoms with E-state index in [2.05, 4.69) is 10.6 Å². The summed E-state index contributed by atoms with van der Waals surface area (Å²) in [5.41, 5.74) is 1.29. The van der Waals surface area contributed by atoms with Crippen molar-refractivity contribution in [3.63, 3.8) is 0 Å². The van der Waals surface area contributed by atoms with Gasteiger partial charge in [-0.15, -0.1) is 11.8 Å². The number of fused-ring (bicyclic) bond motifs is 1. The standard InChI is InChI=1S/C21H24N2O5S2/c1-13(20(24)22-11-15-6-4-5-7-18(15)28-3)12-30(26,27)16-8-9-19-17(10-16)23-21(25)14(2)29-19/h4-10,13-14H,11-12H2,1-3H3,(H,22,24)(H,23,25). The van der Waals surface area contributed by atoms with Crippen molar-refractivity contribution < 1.29 is 22.7 Å². The zero-order valence-corrected chi connectivity index (χ0v) is 18.6. The maximum absolute atomic E-state index is 12.8. The number of ether oxygens (including phenoxy) is 1. The molecule has 3 rings (SSSR count). The lowest BCUT2D eigenvalue weighted by Gasteiger charge is -2.22. The number of anilines is 1. The molecule has 2 N–H and O–H groups in total. The van der Waals surface area contributed by atoms with E-state index in [-0.39, 0.29) is 34.3 Å². The molecule has 2 aromatic carbocycles. The smallest absolute Gasteiger partial charge is 0.237 e. The van der Waals surface area contributed by atoms with Gasteiger partial charge in [0, 0.05) is 22.9 Å². The molecule has 0 radical (unpaired) electrons. The third-order valence-electron chi connectivity index (χ3n) is 4.80. The highest BCUT2D eigenvalue weighted by molar-refractivity contribution is 8.01. The minimum Gasteiger partial charge on any atom is -0.496 e. The lowest BCUT2D eigenvalue weighted by atomic mass is 10.1. The van der Waals surface area contributed by atoms with Crippen LogP contribution in [0, 0.1) is 5.92 Å². The predicted octanol–water partition coefficient (Wildman–Crippen LogP) is 2.85. The molecule has 1 aliphatic rings. The van der Waals surface area contributed by atoms with Gasteiger partial charge in [-0.25, -0.2) is 8.42 Å². The normalized spacial score (nSPS) is 16.9. The maximum Gasteiger partial charge on any atom is 0.237 e. The minimum atomic E-state index is -3.71. The average Bonchev–Trinajstić information content (AvgIpc) is 2.72. The van der Waals surface area contributed by atoms with Crippen LogP contribution in [0.4, 0.5) is 5.69 Å². The van der Waals surface area contributed by atoms with E-state index in [1.54, 1.807) is 33.1 Å². The number of benzene rings is 2. The highest BCUT2D eigenvalue weighted by Crippen LogP contribution is 2.37. The summed E-state index contributed by atoms with van der Waals surface area (Å²) in [6, 6.07) is 12.0. The van der Waals surface area contributed by atoms with Gasteiger partial charge >= 0.3 is 0 Å². The monoisotopic (exact) mass is 448 g/mol. The molecular formula is C21H24N2O5S2. The van der Waals surface area contributed by atoms with Gasteiger partial charge in [-0.05, 0) is 31.2 Å². The van der Waals surface area contributed by atoms with Gasteiger partial charge in [0.1, 0.15) is 5.75 Å². The zero-order valence-electron chi connectivity index (χ0n) is 17.0. The quantitative estimate of drug-likeness (QED) is 0.675. The Kier molecular flexibility index (Phi) is 6.72. The predicted molar refractivity (Wildman–Crippen MR) is 116 cm³/mol. The van der Waals surface area contributed by atoms with E-state index in [9.17, 15) is 18.0 Å². The molecule has 0 spiro atoms. The number of amides is 2. The molecule has 1 heterocycles. The van der Waals surface area contributed by atoms with Crippen LogP contribution in [0.15, 0.2) is 52.3 Å². The molecule has 0 bridgehead atoms. The number of sulfone groups is 1. The van der Waals surface area contributed by atoms with Gasteiger partial charge in [-0.1, -0.05) is 25.1 Å². The number of thioether (sulfide) groups is 1. The molecule has 7 nitrogen and oxygen atoms in total. The minimum absolute atomic E-state index is 0.0843. The van der Waals surface area contributed by atoms with E-state index in [0.717, 1.165) is 10.5 Å². The number of rotatable bonds is 7. The Hall–Kier alpha value is -2.52. The Morgan fingerprint density at radius 3 is 2.73 bits per heavy atom. The van der Waals surface area contributed by atoms with Crippen molar-refractivity contribution in [1.82, 2.24) is 5.32 Å². The molecular weight excluding hydrogens is 424 g/mol. The Labute approximate surface area is 180 Å². The van der Waals surface area contributed by atoms with Gasteiger partial charge in [0.2, 0.25) is 11.8 Å². The van der Waals surface area contributed by atoms with Crippen LogP contribution < -0.4 is 15.4 Å². The number of para-hydroxylation sites is 1. The topological polar surface area (TPSA) is 102 Å². The molecule has 9 heteroatoms. The van der Waals surface area contributed by atoms with Crippen molar-refractivity contribution in [3.8, 4) is 5.75 Å². The summed E-state index contributed by atoms with van der Waals surface area (Å²) in [6.45, 7) is 3.61. The van der Waals surface area contributed by atoms with Gasteiger partial charge in [-0.3, -0.25) is 9.59 Å². The van der Waals surface area contributed by atoms with Gasteiger partial charge < -0.3 is 15.4 Å². The fourth-order valence-corrected chi connectivity index (χ4v) is 5.59. The highest BCUT2D eigenvalue weighted by atomic mass is 32.2. The van der Waals surface area contributed by atoms with E-state index in [4.69, 9.17) is 4.74 Å². The third kappa shape index (κ3) is 4.96. The van der Waals surface area contributed by atoms with E-state index >= 15 is 0 Å². The number of methoxy groups -OCH3 is 1. The van der Waals surface area contributed by atoms with Crippen LogP contribution in [0.1, 0.15) is 19.4 Å². The van der Waals surface area contributed by atoms with Crippen molar-refractivity contribution in [2.24, 2.45) is 5.92 Å². The SMILES string of the molecule is COc1ccccc1CNC(=O)C(C)CS(=O)(=O)c1ccc2c(c1)NC(=O)C(C)S2. The van der Waals surface area contributed by atoms with Crippen LogP contribution in [-0.2, 0) is 26.0 Å². The van der Waals surface area contributed by atoms with Crippen LogP contribution in [0.2, 0.25) is 0 Å². The summed E-state index contributed by atoms with van der Waals surface area (Å²) < 4.78 is 30.9. The van der Waals surface area contributed by atoms with Crippen molar-refractivity contribution in [2.75, 3.05) is 18.2 Å². The number of carbonyl (C=O) groups excluding carboxylic acids is 2. The van der Waals surface area contributed by atoms with Crippen molar-refractivity contribution in [3.05, 3.63) is 48.0 Å². The first-order valence-electron chi connectivity index (χ1n) is 9.45. The van der Waals surface area contributed by atoms with Crippen LogP contribution in [0.3, 0.4) is 0 Å². The first kappa shape index (κ1) is 22.2. The summed E-state index contributed by atoms with van der Waals surface area (Å²) >= 11 is 1.38. The van der Waals surface area contributed by atoms with Crippen molar-refractivity contribution in [1.29, 1.82) is 0 Å². The second-order valence-electron chi connectivity index (χ2n) is 7.12. The third-order valence-corrected chi connectivity index (χ3v) is 7.89. The highest BCUT2D eigenvalue weighted by Gasteiger charge is 2.27. The largest absolute Gasteiger partial charge is 0.496 e. The molecule has 2 amide bonds. The molecule has 0 saturated heterocycles. The molecule has 30 heavy (non-hydrogen) atoms. The van der Waals surface area contributed by atoms with Crippen LogP contribution in [0.5, 0.6) is 5.75 Å². The Morgan fingerprint density at radius 2 is 2.00 bits per heavy atom. The first-order valence-corrected chi connectivity index (χ1v) is 12.0. The van der Waals surface area contributed by atoms with Gasteiger partial charge in [-0.2, -0.15) is 0 Å². The van der Waals surface area contributed by atoms with Gasteiger partial charge in [0.05, 0.1) is 28.7 Å². The van der Waals surface area contributed by atoms with Crippen LogP contribution >= 0.6 is 11.8 Å². The molecule has 0 aromatic heterocycles. The molecule has 160 valence electrons. The summed E-state index contributed by atoms with van der Waals surface area (Å²) in [4.78, 5) is 25.2. The van der Waals surface area contributed by atoms with Gasteiger partial charge in [0.15, 0.2) is 9.84 Å². The number of hydrogen-bond acceptors (Lipinski definition) is 6. The van der Waals surface area contributed by atoms with Crippen LogP contribution in [0.25, 0.3) is 0 Å². The number of carbonyl (C=O) groups is 2. The zero-order chi connectivity index (χ0) is 21.9. The Bertz CT molecular complexity index is 1070. The van der Waals surface area contributed by atoms with Crippen molar-refractivity contribution in [2.45, 2.75) is 35.4 Å². The summed E-state index contributed by atoms with van der Waals surface area (Å²) in [5.74, 6) is -0.946. The first-order chi connectivity index (χ1) is 14.2.